The van der Waals surface area contributed by atoms with E-state index in [0.29, 0.717) is 6.42 Å². The molecular weight excluding hydrogens is 108 g/mol. The molecule has 0 fully saturated rings. The van der Waals surface area contributed by atoms with Crippen molar-refractivity contribution in [3.05, 3.63) is 0 Å². The van der Waals surface area contributed by atoms with Gasteiger partial charge in [0.15, 0.2) is 0 Å². The third kappa shape index (κ3) is 2.39. The van der Waals surface area contributed by atoms with Gasteiger partial charge in [0.25, 0.3) is 0 Å². The molecule has 0 bridgehead atoms. The third-order valence-corrected chi connectivity index (χ3v) is 1.36. The smallest absolute Gasteiger partial charge is 0.302 e. The zero-order valence-corrected chi connectivity index (χ0v) is 5.14. The highest BCUT2D eigenvalue weighted by Crippen LogP contribution is 2.01. The van der Waals surface area contributed by atoms with Gasteiger partial charge in [0.05, 0.1) is 0 Å². The van der Waals surface area contributed by atoms with Crippen molar-refractivity contribution in [3.63, 3.8) is 0 Å². The Hall–Kier alpha value is -0.313. The lowest BCUT2D eigenvalue weighted by molar-refractivity contribution is -0.136. The Labute approximate surface area is 46.0 Å². The topological polar surface area (TPSA) is 37.3 Å². The highest BCUT2D eigenvalue weighted by Gasteiger charge is 2.05. The van der Waals surface area contributed by atoms with Gasteiger partial charge in [-0.05, 0) is 6.42 Å². The van der Waals surface area contributed by atoms with Crippen LogP contribution in [0, 0.1) is 0 Å². The van der Waals surface area contributed by atoms with Crippen LogP contribution in [0.15, 0.2) is 0 Å². The molecule has 1 N–H and O–H groups in total. The Bertz CT molecular complexity index is 72.1. The highest BCUT2D eigenvalue weighted by atomic mass is 28.1. The molecule has 39 valence electrons. The maximum atomic E-state index is 9.88. The van der Waals surface area contributed by atoms with Crippen LogP contribution in [0.25, 0.3) is 0 Å². The predicted molar refractivity (Wildman–Crippen MR) is 27.4 cm³/mol. The van der Waals surface area contributed by atoms with Crippen molar-refractivity contribution in [1.29, 1.82) is 0 Å². The molecule has 0 amide bonds. The SMILES string of the molecule is CCC([Si])C(=O)O. The van der Waals surface area contributed by atoms with E-state index in [-0.39, 0.29) is 5.54 Å². The number of aliphatic carboxylic acids is 1. The van der Waals surface area contributed by atoms with Gasteiger partial charge in [-0.25, -0.2) is 0 Å². The van der Waals surface area contributed by atoms with Crippen LogP contribution in [-0.2, 0) is 4.79 Å². The van der Waals surface area contributed by atoms with E-state index in [2.05, 4.69) is 10.2 Å². The maximum Gasteiger partial charge on any atom is 0.302 e. The second-order valence-corrected chi connectivity index (χ2v) is 2.00. The second kappa shape index (κ2) is 2.79. The molecule has 2 nitrogen and oxygen atoms in total. The molecule has 7 heavy (non-hydrogen) atoms. The number of hydrogen-bond acceptors (Lipinski definition) is 1. The first-order valence-corrected chi connectivity index (χ1v) is 2.70. The van der Waals surface area contributed by atoms with Crippen LogP contribution in [-0.4, -0.2) is 21.3 Å². The Morgan fingerprint density at radius 3 is 2.43 bits per heavy atom. The number of carboxylic acids is 1. The zero-order valence-electron chi connectivity index (χ0n) is 4.14. The molecule has 0 heterocycles. The molecule has 3 heteroatoms. The van der Waals surface area contributed by atoms with Gasteiger partial charge in [-0.2, -0.15) is 0 Å². The van der Waals surface area contributed by atoms with E-state index < -0.39 is 5.97 Å². The van der Waals surface area contributed by atoms with Crippen LogP contribution >= 0.6 is 0 Å². The first kappa shape index (κ1) is 6.69. The first-order valence-electron chi connectivity index (χ1n) is 2.12. The summed E-state index contributed by atoms with van der Waals surface area (Å²) in [6.07, 6.45) is 0.631. The standard InChI is InChI=1S/C4H7O2Si/c1-2-3(7)4(5)6/h3H,2H2,1H3,(H,5,6). The monoisotopic (exact) mass is 115 g/mol. The van der Waals surface area contributed by atoms with Crippen LogP contribution < -0.4 is 0 Å². The van der Waals surface area contributed by atoms with E-state index in [1.165, 1.54) is 0 Å². The summed E-state index contributed by atoms with van der Waals surface area (Å²) in [5.41, 5.74) is -0.375. The Morgan fingerprint density at radius 1 is 2.00 bits per heavy atom. The van der Waals surface area contributed by atoms with Gasteiger partial charge in [0.1, 0.15) is 0 Å². The molecule has 0 aromatic heterocycles. The average molecular weight is 115 g/mol. The Morgan fingerprint density at radius 2 is 2.43 bits per heavy atom. The van der Waals surface area contributed by atoms with Gasteiger partial charge in [0, 0.05) is 15.8 Å². The number of carbonyl (C=O) groups is 1. The normalized spacial score (nSPS) is 13.4. The summed E-state index contributed by atoms with van der Waals surface area (Å²) in [7, 11) is 2.99. The molecule has 0 aliphatic rings. The highest BCUT2D eigenvalue weighted by molar-refractivity contribution is 6.22. The number of hydrogen-bond donors (Lipinski definition) is 1. The van der Waals surface area contributed by atoms with Crippen molar-refractivity contribution >= 4 is 16.2 Å². The van der Waals surface area contributed by atoms with Gasteiger partial charge in [0.2, 0.25) is 0 Å². The third-order valence-electron chi connectivity index (χ3n) is 0.706. The molecule has 0 spiro atoms. The van der Waals surface area contributed by atoms with Crippen LogP contribution in [0.1, 0.15) is 13.3 Å². The molecule has 0 aliphatic carbocycles. The van der Waals surface area contributed by atoms with Gasteiger partial charge in [-0.1, -0.05) is 6.92 Å². The van der Waals surface area contributed by atoms with Gasteiger partial charge >= 0.3 is 5.97 Å². The molecule has 0 aliphatic heterocycles. The summed E-state index contributed by atoms with van der Waals surface area (Å²) in [4.78, 5) is 9.88. The van der Waals surface area contributed by atoms with Gasteiger partial charge in [-0.15, -0.1) is 0 Å². The first-order chi connectivity index (χ1) is 3.18. The van der Waals surface area contributed by atoms with Crippen LogP contribution in [0.5, 0.6) is 0 Å². The van der Waals surface area contributed by atoms with Gasteiger partial charge < -0.3 is 5.11 Å². The summed E-state index contributed by atoms with van der Waals surface area (Å²) in [5.74, 6) is -0.792. The molecule has 0 saturated carbocycles. The minimum absolute atomic E-state index is 0.375. The number of rotatable bonds is 2. The Balaban J connectivity index is 3.34. The van der Waals surface area contributed by atoms with Crippen molar-refractivity contribution in [1.82, 2.24) is 0 Å². The summed E-state index contributed by atoms with van der Waals surface area (Å²) >= 11 is 0. The van der Waals surface area contributed by atoms with Crippen LogP contribution in [0.2, 0.25) is 5.54 Å². The fourth-order valence-electron chi connectivity index (χ4n) is 0.175. The molecule has 0 saturated heterocycles. The minimum Gasteiger partial charge on any atom is -0.481 e. The predicted octanol–water partition coefficient (Wildman–Crippen LogP) is 0.438. The molecule has 1 atom stereocenters. The minimum atomic E-state index is -0.792. The van der Waals surface area contributed by atoms with Crippen molar-refractivity contribution in [2.75, 3.05) is 0 Å². The maximum absolute atomic E-state index is 9.88. The summed E-state index contributed by atoms with van der Waals surface area (Å²) in [5, 5.41) is 8.13. The number of carboxylic acid groups (broad SMARTS) is 1. The summed E-state index contributed by atoms with van der Waals surface area (Å²) in [6, 6.07) is 0. The summed E-state index contributed by atoms with van der Waals surface area (Å²) in [6.45, 7) is 1.81. The second-order valence-electron chi connectivity index (χ2n) is 1.30. The average Bonchev–Trinajstić information content (AvgIpc) is 1.65. The van der Waals surface area contributed by atoms with E-state index >= 15 is 0 Å². The molecule has 0 aromatic carbocycles. The van der Waals surface area contributed by atoms with Crippen molar-refractivity contribution in [3.8, 4) is 0 Å². The lowest BCUT2D eigenvalue weighted by atomic mass is 10.3. The van der Waals surface area contributed by atoms with Crippen molar-refractivity contribution in [2.45, 2.75) is 18.9 Å². The van der Waals surface area contributed by atoms with E-state index in [1.54, 1.807) is 0 Å². The lowest BCUT2D eigenvalue weighted by Gasteiger charge is -1.96. The Kier molecular flexibility index (Phi) is 2.67. The molecule has 1 unspecified atom stereocenters. The van der Waals surface area contributed by atoms with E-state index in [1.807, 2.05) is 6.92 Å². The quantitative estimate of drug-likeness (QED) is 0.530. The van der Waals surface area contributed by atoms with Gasteiger partial charge in [-0.3, -0.25) is 4.79 Å². The van der Waals surface area contributed by atoms with Crippen LogP contribution in [0.4, 0.5) is 0 Å². The lowest BCUT2D eigenvalue weighted by Crippen LogP contribution is -2.04. The van der Waals surface area contributed by atoms with Crippen LogP contribution in [0.3, 0.4) is 0 Å². The fraction of sp³-hybridized carbons (Fsp3) is 0.750. The van der Waals surface area contributed by atoms with E-state index in [0.717, 1.165) is 0 Å². The van der Waals surface area contributed by atoms with E-state index in [4.69, 9.17) is 5.11 Å². The van der Waals surface area contributed by atoms with E-state index in [9.17, 15) is 4.79 Å². The fourth-order valence-corrected chi connectivity index (χ4v) is 0.175. The molecule has 0 rings (SSSR count). The van der Waals surface area contributed by atoms with Crippen molar-refractivity contribution in [2.24, 2.45) is 0 Å². The summed E-state index contributed by atoms with van der Waals surface area (Å²) < 4.78 is 0. The molecule has 3 radical (unpaired) electrons. The molecule has 0 aromatic rings. The largest absolute Gasteiger partial charge is 0.481 e. The molecular formula is C4H7O2Si. The zero-order chi connectivity index (χ0) is 5.86. The van der Waals surface area contributed by atoms with Crippen molar-refractivity contribution < 1.29 is 9.90 Å².